The standard InChI is InChI=1S/C10H8ClN3O2/c1-5-8(16-6(2)13-5)10-12-3-7(4-15)9(11)14-10/h3-4H,1-2H3. The molecule has 16 heavy (non-hydrogen) atoms. The summed E-state index contributed by atoms with van der Waals surface area (Å²) in [6.07, 6.45) is 1.96. The zero-order valence-corrected chi connectivity index (χ0v) is 9.45. The quantitative estimate of drug-likeness (QED) is 0.592. The summed E-state index contributed by atoms with van der Waals surface area (Å²) in [5.41, 5.74) is 0.937. The molecule has 0 radical (unpaired) electrons. The van der Waals surface area contributed by atoms with Gasteiger partial charge in [0.2, 0.25) is 0 Å². The zero-order chi connectivity index (χ0) is 11.7. The number of aromatic nitrogens is 3. The van der Waals surface area contributed by atoms with Crippen LogP contribution in [0.3, 0.4) is 0 Å². The van der Waals surface area contributed by atoms with E-state index in [9.17, 15) is 4.79 Å². The Balaban J connectivity index is 2.53. The number of oxazole rings is 1. The van der Waals surface area contributed by atoms with Gasteiger partial charge in [-0.3, -0.25) is 4.79 Å². The molecule has 0 aliphatic rings. The van der Waals surface area contributed by atoms with Crippen LogP contribution in [-0.2, 0) is 0 Å². The lowest BCUT2D eigenvalue weighted by Gasteiger charge is -1.98. The van der Waals surface area contributed by atoms with Crippen molar-refractivity contribution in [3.8, 4) is 11.6 Å². The molecule has 0 aromatic carbocycles. The number of hydrogen-bond acceptors (Lipinski definition) is 5. The van der Waals surface area contributed by atoms with E-state index in [1.165, 1.54) is 6.20 Å². The Morgan fingerprint density at radius 1 is 1.38 bits per heavy atom. The first-order valence-corrected chi connectivity index (χ1v) is 4.91. The Kier molecular flexibility index (Phi) is 2.70. The SMILES string of the molecule is Cc1nc(C)c(-c2ncc(C=O)c(Cl)n2)o1. The van der Waals surface area contributed by atoms with E-state index in [2.05, 4.69) is 15.0 Å². The first-order valence-electron chi connectivity index (χ1n) is 4.54. The fourth-order valence-electron chi connectivity index (χ4n) is 1.30. The van der Waals surface area contributed by atoms with Crippen molar-refractivity contribution in [2.24, 2.45) is 0 Å². The lowest BCUT2D eigenvalue weighted by molar-refractivity contribution is 0.112. The van der Waals surface area contributed by atoms with Crippen LogP contribution in [0.4, 0.5) is 0 Å². The maximum Gasteiger partial charge on any atom is 0.199 e. The van der Waals surface area contributed by atoms with Crippen molar-refractivity contribution in [2.75, 3.05) is 0 Å². The van der Waals surface area contributed by atoms with E-state index in [0.717, 1.165) is 0 Å². The van der Waals surface area contributed by atoms with Crippen LogP contribution in [0.15, 0.2) is 10.6 Å². The fraction of sp³-hybridized carbons (Fsp3) is 0.200. The van der Waals surface area contributed by atoms with Crippen molar-refractivity contribution in [3.05, 3.63) is 28.5 Å². The molecular formula is C10H8ClN3O2. The van der Waals surface area contributed by atoms with Gasteiger partial charge < -0.3 is 4.42 Å². The summed E-state index contributed by atoms with van der Waals surface area (Å²) in [5.74, 6) is 1.33. The largest absolute Gasteiger partial charge is 0.437 e. The molecule has 2 rings (SSSR count). The molecule has 0 bridgehead atoms. The molecular weight excluding hydrogens is 230 g/mol. The third-order valence-corrected chi connectivity index (χ3v) is 2.30. The van der Waals surface area contributed by atoms with Crippen LogP contribution in [0, 0.1) is 13.8 Å². The van der Waals surface area contributed by atoms with E-state index < -0.39 is 0 Å². The second-order valence-corrected chi connectivity index (χ2v) is 3.56. The van der Waals surface area contributed by atoms with Crippen molar-refractivity contribution >= 4 is 17.9 Å². The van der Waals surface area contributed by atoms with Gasteiger partial charge in [-0.1, -0.05) is 11.6 Å². The first kappa shape index (κ1) is 10.8. The average Bonchev–Trinajstić information content (AvgIpc) is 2.58. The third kappa shape index (κ3) is 1.81. The smallest absolute Gasteiger partial charge is 0.199 e. The second-order valence-electron chi connectivity index (χ2n) is 3.21. The minimum absolute atomic E-state index is 0.105. The molecule has 2 aromatic heterocycles. The number of rotatable bonds is 2. The van der Waals surface area contributed by atoms with Crippen LogP contribution in [0.5, 0.6) is 0 Å². The highest BCUT2D eigenvalue weighted by molar-refractivity contribution is 6.31. The number of carbonyl (C=O) groups excluding carboxylic acids is 1. The molecule has 0 fully saturated rings. The van der Waals surface area contributed by atoms with Gasteiger partial charge in [0.15, 0.2) is 23.8 Å². The summed E-state index contributed by atoms with van der Waals surface area (Å²) >= 11 is 5.79. The summed E-state index contributed by atoms with van der Waals surface area (Å²) in [5, 5.41) is 0.105. The second kappa shape index (κ2) is 4.02. The van der Waals surface area contributed by atoms with Crippen LogP contribution in [-0.4, -0.2) is 21.2 Å². The van der Waals surface area contributed by atoms with E-state index >= 15 is 0 Å². The minimum atomic E-state index is 0.105. The summed E-state index contributed by atoms with van der Waals surface area (Å²) in [6.45, 7) is 3.52. The van der Waals surface area contributed by atoms with Crippen molar-refractivity contribution < 1.29 is 9.21 Å². The lowest BCUT2D eigenvalue weighted by Crippen LogP contribution is -1.94. The molecule has 0 saturated carbocycles. The summed E-state index contributed by atoms with van der Waals surface area (Å²) < 4.78 is 5.35. The monoisotopic (exact) mass is 237 g/mol. The molecule has 5 nitrogen and oxygen atoms in total. The number of hydrogen-bond donors (Lipinski definition) is 0. The van der Waals surface area contributed by atoms with Crippen molar-refractivity contribution in [1.82, 2.24) is 15.0 Å². The molecule has 0 amide bonds. The van der Waals surface area contributed by atoms with E-state index in [4.69, 9.17) is 16.0 Å². The van der Waals surface area contributed by atoms with Crippen molar-refractivity contribution in [1.29, 1.82) is 0 Å². The highest BCUT2D eigenvalue weighted by atomic mass is 35.5. The predicted molar refractivity (Wildman–Crippen MR) is 57.4 cm³/mol. The van der Waals surface area contributed by atoms with E-state index in [0.29, 0.717) is 29.5 Å². The molecule has 82 valence electrons. The van der Waals surface area contributed by atoms with Gasteiger partial charge in [-0.05, 0) is 6.92 Å². The molecule has 2 heterocycles. The predicted octanol–water partition coefficient (Wildman–Crippen LogP) is 2.21. The van der Waals surface area contributed by atoms with E-state index in [1.54, 1.807) is 13.8 Å². The summed E-state index contributed by atoms with van der Waals surface area (Å²) in [6, 6.07) is 0. The fourth-order valence-corrected chi connectivity index (χ4v) is 1.47. The van der Waals surface area contributed by atoms with Gasteiger partial charge in [0, 0.05) is 13.1 Å². The van der Waals surface area contributed by atoms with Gasteiger partial charge >= 0.3 is 0 Å². The van der Waals surface area contributed by atoms with Gasteiger partial charge in [-0.15, -0.1) is 0 Å². The number of halogens is 1. The normalized spacial score (nSPS) is 10.4. The van der Waals surface area contributed by atoms with Crippen LogP contribution in [0.2, 0.25) is 5.15 Å². The maximum atomic E-state index is 10.5. The molecule has 0 unspecified atom stereocenters. The average molecular weight is 238 g/mol. The molecule has 0 N–H and O–H groups in total. The van der Waals surface area contributed by atoms with Crippen LogP contribution >= 0.6 is 11.6 Å². The van der Waals surface area contributed by atoms with Crippen LogP contribution in [0.25, 0.3) is 11.6 Å². The highest BCUT2D eigenvalue weighted by Gasteiger charge is 2.14. The molecule has 0 aliphatic carbocycles. The maximum absolute atomic E-state index is 10.5. The molecule has 0 atom stereocenters. The van der Waals surface area contributed by atoms with Gasteiger partial charge in [0.05, 0.1) is 11.3 Å². The number of aldehydes is 1. The Hall–Kier alpha value is -1.75. The van der Waals surface area contributed by atoms with Crippen molar-refractivity contribution in [3.63, 3.8) is 0 Å². The van der Waals surface area contributed by atoms with E-state index in [1.807, 2.05) is 0 Å². The first-order chi connectivity index (χ1) is 7.61. The Bertz CT molecular complexity index is 551. The Morgan fingerprint density at radius 2 is 2.12 bits per heavy atom. The molecule has 2 aromatic rings. The molecule has 0 saturated heterocycles. The molecule has 0 aliphatic heterocycles. The Labute approximate surface area is 96.5 Å². The van der Waals surface area contributed by atoms with Crippen LogP contribution < -0.4 is 0 Å². The van der Waals surface area contributed by atoms with Crippen LogP contribution in [0.1, 0.15) is 21.9 Å². The summed E-state index contributed by atoms with van der Waals surface area (Å²) in [7, 11) is 0. The summed E-state index contributed by atoms with van der Waals surface area (Å²) in [4.78, 5) is 22.6. The third-order valence-electron chi connectivity index (χ3n) is 2.00. The zero-order valence-electron chi connectivity index (χ0n) is 8.69. The Morgan fingerprint density at radius 3 is 2.62 bits per heavy atom. The van der Waals surface area contributed by atoms with Crippen molar-refractivity contribution in [2.45, 2.75) is 13.8 Å². The lowest BCUT2D eigenvalue weighted by atomic mass is 10.3. The molecule has 6 heteroatoms. The van der Waals surface area contributed by atoms with Gasteiger partial charge in [0.1, 0.15) is 5.15 Å². The number of carbonyl (C=O) groups is 1. The minimum Gasteiger partial charge on any atom is -0.437 e. The molecule has 0 spiro atoms. The van der Waals surface area contributed by atoms with Gasteiger partial charge in [-0.2, -0.15) is 0 Å². The van der Waals surface area contributed by atoms with E-state index in [-0.39, 0.29) is 10.7 Å². The highest BCUT2D eigenvalue weighted by Crippen LogP contribution is 2.22. The number of aryl methyl sites for hydroxylation is 2. The number of nitrogens with zero attached hydrogens (tertiary/aromatic N) is 3. The van der Waals surface area contributed by atoms with Gasteiger partial charge in [0.25, 0.3) is 0 Å². The van der Waals surface area contributed by atoms with Gasteiger partial charge in [-0.25, -0.2) is 15.0 Å². The topological polar surface area (TPSA) is 68.9 Å².